The molecule has 0 bridgehead atoms. The number of hydrogen-bond acceptors (Lipinski definition) is 3. The summed E-state index contributed by atoms with van der Waals surface area (Å²) in [5.41, 5.74) is -0.0827. The van der Waals surface area contributed by atoms with Crippen LogP contribution in [0.25, 0.3) is 15.9 Å². The van der Waals surface area contributed by atoms with Gasteiger partial charge in [0.05, 0.1) is 5.39 Å². The van der Waals surface area contributed by atoms with Crippen LogP contribution in [0.2, 0.25) is 0 Å². The monoisotopic (exact) mass is 220 g/mol. The number of nitrogens with zero attached hydrogens (tertiary/aromatic N) is 2. The maximum atomic E-state index is 13.4. The Kier molecular flexibility index (Phi) is 1.63. The zero-order chi connectivity index (χ0) is 10.4. The molecule has 0 aliphatic carbocycles. The number of para-hydroxylation sites is 1. The van der Waals surface area contributed by atoms with Gasteiger partial charge < -0.3 is 0 Å². The highest BCUT2D eigenvalue weighted by molar-refractivity contribution is 7.15. The Bertz CT molecular complexity index is 716. The Hall–Kier alpha value is -1.75. The average Bonchev–Trinajstić information content (AvgIpc) is 2.68. The van der Waals surface area contributed by atoms with Gasteiger partial charge in [0.25, 0.3) is 5.56 Å². The molecule has 0 atom stereocenters. The molecule has 5 heteroatoms. The lowest BCUT2D eigenvalue weighted by Crippen LogP contribution is -2.13. The summed E-state index contributed by atoms with van der Waals surface area (Å²) in [6, 6.07) is 4.40. The van der Waals surface area contributed by atoms with Crippen LogP contribution in [-0.2, 0) is 0 Å². The molecule has 74 valence electrons. The standard InChI is InChI=1S/C10H5FN2OS/c11-7-3-1-2-6-8(7)12-10-13(9(6)14)4-5-15-10/h1-5H. The van der Waals surface area contributed by atoms with E-state index in [1.54, 1.807) is 17.6 Å². The summed E-state index contributed by atoms with van der Waals surface area (Å²) in [5.74, 6) is -0.458. The van der Waals surface area contributed by atoms with Gasteiger partial charge in [0.2, 0.25) is 0 Å². The van der Waals surface area contributed by atoms with Gasteiger partial charge in [0.15, 0.2) is 4.96 Å². The minimum atomic E-state index is -0.458. The van der Waals surface area contributed by atoms with Crippen molar-refractivity contribution in [3.8, 4) is 0 Å². The van der Waals surface area contributed by atoms with E-state index in [9.17, 15) is 9.18 Å². The largest absolute Gasteiger partial charge is 0.268 e. The van der Waals surface area contributed by atoms with Crippen molar-refractivity contribution < 1.29 is 4.39 Å². The third-order valence-corrected chi connectivity index (χ3v) is 2.99. The van der Waals surface area contributed by atoms with Crippen LogP contribution in [0.3, 0.4) is 0 Å². The highest BCUT2D eigenvalue weighted by Gasteiger charge is 2.08. The molecule has 0 aliphatic heterocycles. The predicted octanol–water partition coefficient (Wildman–Crippen LogP) is 2.05. The van der Waals surface area contributed by atoms with Gasteiger partial charge in [-0.15, -0.1) is 11.3 Å². The van der Waals surface area contributed by atoms with E-state index in [0.717, 1.165) is 0 Å². The van der Waals surface area contributed by atoms with E-state index >= 15 is 0 Å². The zero-order valence-electron chi connectivity index (χ0n) is 7.48. The third kappa shape index (κ3) is 1.10. The first-order valence-corrected chi connectivity index (χ1v) is 5.19. The van der Waals surface area contributed by atoms with Crippen LogP contribution in [0.1, 0.15) is 0 Å². The van der Waals surface area contributed by atoms with Crippen LogP contribution in [0, 0.1) is 5.82 Å². The van der Waals surface area contributed by atoms with E-state index in [1.165, 1.54) is 27.9 Å². The second-order valence-electron chi connectivity index (χ2n) is 3.11. The molecule has 2 aromatic heterocycles. The number of rotatable bonds is 0. The Morgan fingerprint density at radius 1 is 1.40 bits per heavy atom. The molecular weight excluding hydrogens is 215 g/mol. The van der Waals surface area contributed by atoms with Gasteiger partial charge in [-0.3, -0.25) is 9.20 Å². The lowest BCUT2D eigenvalue weighted by molar-refractivity contribution is 0.637. The molecular formula is C10H5FN2OS. The maximum Gasteiger partial charge on any atom is 0.266 e. The van der Waals surface area contributed by atoms with Crippen molar-refractivity contribution >= 4 is 27.2 Å². The lowest BCUT2D eigenvalue weighted by atomic mass is 10.2. The molecule has 3 nitrogen and oxygen atoms in total. The molecule has 0 N–H and O–H groups in total. The zero-order valence-corrected chi connectivity index (χ0v) is 8.29. The Morgan fingerprint density at radius 3 is 3.13 bits per heavy atom. The van der Waals surface area contributed by atoms with E-state index in [4.69, 9.17) is 0 Å². The summed E-state index contributed by atoms with van der Waals surface area (Å²) in [5, 5.41) is 2.06. The van der Waals surface area contributed by atoms with Gasteiger partial charge in [-0.2, -0.15) is 0 Å². The molecule has 0 aliphatic rings. The minimum absolute atomic E-state index is 0.143. The fourth-order valence-electron chi connectivity index (χ4n) is 1.53. The summed E-state index contributed by atoms with van der Waals surface area (Å²) in [6.45, 7) is 0. The SMILES string of the molecule is O=c1c2cccc(F)c2nc2sccn12. The third-order valence-electron chi connectivity index (χ3n) is 2.23. The fourth-order valence-corrected chi connectivity index (χ4v) is 2.24. The minimum Gasteiger partial charge on any atom is -0.268 e. The molecule has 3 aromatic rings. The highest BCUT2D eigenvalue weighted by atomic mass is 32.1. The first-order chi connectivity index (χ1) is 7.27. The second-order valence-corrected chi connectivity index (χ2v) is 3.98. The van der Waals surface area contributed by atoms with Crippen LogP contribution in [-0.4, -0.2) is 9.38 Å². The number of hydrogen-bond donors (Lipinski definition) is 0. The van der Waals surface area contributed by atoms with Gasteiger partial charge >= 0.3 is 0 Å². The predicted molar refractivity (Wildman–Crippen MR) is 56.8 cm³/mol. The Labute approximate surface area is 87.4 Å². The van der Waals surface area contributed by atoms with E-state index in [1.807, 2.05) is 0 Å². The molecule has 1 aromatic carbocycles. The van der Waals surface area contributed by atoms with Gasteiger partial charge in [-0.05, 0) is 12.1 Å². The summed E-state index contributed by atoms with van der Waals surface area (Å²) in [6.07, 6.45) is 1.64. The van der Waals surface area contributed by atoms with Gasteiger partial charge in [0.1, 0.15) is 11.3 Å². The van der Waals surface area contributed by atoms with Crippen molar-refractivity contribution in [2.45, 2.75) is 0 Å². The summed E-state index contributed by atoms with van der Waals surface area (Å²) >= 11 is 1.31. The number of thiazole rings is 1. The van der Waals surface area contributed by atoms with Crippen LogP contribution < -0.4 is 5.56 Å². The first kappa shape index (κ1) is 8.55. The summed E-state index contributed by atoms with van der Waals surface area (Å²) in [7, 11) is 0. The second kappa shape index (κ2) is 2.87. The fraction of sp³-hybridized carbons (Fsp3) is 0. The van der Waals surface area contributed by atoms with Crippen molar-refractivity contribution in [1.82, 2.24) is 9.38 Å². The van der Waals surface area contributed by atoms with Crippen molar-refractivity contribution in [2.24, 2.45) is 0 Å². The quantitative estimate of drug-likeness (QED) is 0.581. The van der Waals surface area contributed by atoms with E-state index < -0.39 is 5.82 Å². The van der Waals surface area contributed by atoms with Gasteiger partial charge in [-0.1, -0.05) is 6.07 Å². The molecule has 0 saturated heterocycles. The lowest BCUT2D eigenvalue weighted by Gasteiger charge is -1.98. The molecule has 0 unspecified atom stereocenters. The number of benzene rings is 1. The van der Waals surface area contributed by atoms with Crippen LogP contribution in [0.5, 0.6) is 0 Å². The van der Waals surface area contributed by atoms with Crippen molar-refractivity contribution in [3.63, 3.8) is 0 Å². The normalized spacial score (nSPS) is 11.3. The van der Waals surface area contributed by atoms with Crippen molar-refractivity contribution in [3.05, 3.63) is 45.9 Å². The molecule has 0 saturated carbocycles. The highest BCUT2D eigenvalue weighted by Crippen LogP contribution is 2.15. The molecule has 3 rings (SSSR count). The van der Waals surface area contributed by atoms with Crippen LogP contribution in [0.15, 0.2) is 34.6 Å². The molecule has 2 heterocycles. The van der Waals surface area contributed by atoms with E-state index in [0.29, 0.717) is 10.3 Å². The number of halogens is 1. The smallest absolute Gasteiger partial charge is 0.266 e. The van der Waals surface area contributed by atoms with Crippen LogP contribution >= 0.6 is 11.3 Å². The Balaban J connectivity index is 2.70. The molecule has 0 amide bonds. The molecule has 15 heavy (non-hydrogen) atoms. The van der Waals surface area contributed by atoms with Gasteiger partial charge in [-0.25, -0.2) is 9.37 Å². The Morgan fingerprint density at radius 2 is 2.27 bits per heavy atom. The van der Waals surface area contributed by atoms with Crippen molar-refractivity contribution in [1.29, 1.82) is 0 Å². The van der Waals surface area contributed by atoms with Crippen LogP contribution in [0.4, 0.5) is 4.39 Å². The van der Waals surface area contributed by atoms with Crippen molar-refractivity contribution in [2.75, 3.05) is 0 Å². The topological polar surface area (TPSA) is 34.4 Å². The average molecular weight is 220 g/mol. The summed E-state index contributed by atoms with van der Waals surface area (Å²) in [4.78, 5) is 16.5. The number of aromatic nitrogens is 2. The number of fused-ring (bicyclic) bond motifs is 2. The molecule has 0 radical (unpaired) electrons. The maximum absolute atomic E-state index is 13.4. The van der Waals surface area contributed by atoms with E-state index in [-0.39, 0.29) is 11.1 Å². The molecule has 0 spiro atoms. The van der Waals surface area contributed by atoms with E-state index in [2.05, 4.69) is 4.98 Å². The van der Waals surface area contributed by atoms with Gasteiger partial charge in [0, 0.05) is 11.6 Å². The first-order valence-electron chi connectivity index (χ1n) is 4.31. The molecule has 0 fully saturated rings. The summed E-state index contributed by atoms with van der Waals surface area (Å²) < 4.78 is 14.8.